The molecule has 1 aromatic carbocycles. The fourth-order valence-electron chi connectivity index (χ4n) is 1.54. The monoisotopic (exact) mass is 238 g/mol. The molecule has 3 heteroatoms. The summed E-state index contributed by atoms with van der Waals surface area (Å²) in [6, 6.07) is 8.40. The van der Waals surface area contributed by atoms with Crippen LogP contribution in [0.3, 0.4) is 0 Å². The lowest BCUT2D eigenvalue weighted by atomic mass is 10.1. The maximum absolute atomic E-state index is 6.13. The van der Waals surface area contributed by atoms with Gasteiger partial charge in [0.2, 0.25) is 0 Å². The molecule has 4 N–H and O–H groups in total. The van der Waals surface area contributed by atoms with Crippen molar-refractivity contribution in [3.63, 3.8) is 0 Å². The second-order valence-electron chi connectivity index (χ2n) is 4.94. The van der Waals surface area contributed by atoms with Crippen molar-refractivity contribution in [2.24, 2.45) is 11.5 Å². The van der Waals surface area contributed by atoms with Gasteiger partial charge in [-0.25, -0.2) is 0 Å². The predicted octanol–water partition coefficient (Wildman–Crippen LogP) is 2.93. The third-order valence-electron chi connectivity index (χ3n) is 2.21. The quantitative estimate of drug-likeness (QED) is 0.793. The third-order valence-corrected chi connectivity index (χ3v) is 3.42. The number of benzene rings is 1. The average Bonchev–Trinajstić information content (AvgIpc) is 2.16. The van der Waals surface area contributed by atoms with Crippen LogP contribution in [0.1, 0.15) is 38.8 Å². The molecule has 0 radical (unpaired) electrons. The lowest BCUT2D eigenvalue weighted by Gasteiger charge is -2.22. The zero-order valence-electron chi connectivity index (χ0n) is 10.4. The Balaban J connectivity index is 2.91. The molecule has 0 aliphatic carbocycles. The highest BCUT2D eigenvalue weighted by Crippen LogP contribution is 2.36. The van der Waals surface area contributed by atoms with Gasteiger partial charge < -0.3 is 11.5 Å². The van der Waals surface area contributed by atoms with Crippen molar-refractivity contribution in [2.45, 2.75) is 42.9 Å². The summed E-state index contributed by atoms with van der Waals surface area (Å²) in [6.07, 6.45) is 0.835. The van der Waals surface area contributed by atoms with Gasteiger partial charge in [0.05, 0.1) is 0 Å². The van der Waals surface area contributed by atoms with E-state index in [0.29, 0.717) is 6.54 Å². The van der Waals surface area contributed by atoms with Crippen LogP contribution < -0.4 is 11.5 Å². The molecule has 1 rings (SSSR count). The highest BCUT2D eigenvalue weighted by atomic mass is 32.2. The van der Waals surface area contributed by atoms with E-state index in [9.17, 15) is 0 Å². The van der Waals surface area contributed by atoms with Gasteiger partial charge in [-0.3, -0.25) is 0 Å². The minimum Gasteiger partial charge on any atom is -0.330 e. The van der Waals surface area contributed by atoms with Crippen molar-refractivity contribution in [3.8, 4) is 0 Å². The van der Waals surface area contributed by atoms with Crippen LogP contribution in [0.4, 0.5) is 0 Å². The van der Waals surface area contributed by atoms with Gasteiger partial charge in [0, 0.05) is 15.7 Å². The zero-order valence-corrected chi connectivity index (χ0v) is 11.2. The molecule has 0 amide bonds. The summed E-state index contributed by atoms with van der Waals surface area (Å²) in [5, 5.41) is 0. The molecular weight excluding hydrogens is 216 g/mol. The summed E-state index contributed by atoms with van der Waals surface area (Å²) in [4.78, 5) is 1.27. The standard InChI is InChI=1S/C13H22N2S/c1-13(2,3)16-12-7-5-4-6-10(12)11(15)8-9-14/h4-7,11H,8-9,14-15H2,1-3H3/t11-/m0/s1. The van der Waals surface area contributed by atoms with Crippen molar-refractivity contribution in [2.75, 3.05) is 6.54 Å². The van der Waals surface area contributed by atoms with Gasteiger partial charge in [-0.1, -0.05) is 39.0 Å². The van der Waals surface area contributed by atoms with Crippen LogP contribution in [0.15, 0.2) is 29.2 Å². The Kier molecular flexibility index (Phi) is 4.84. The molecule has 0 fully saturated rings. The fraction of sp³-hybridized carbons (Fsp3) is 0.538. The number of rotatable bonds is 4. The van der Waals surface area contributed by atoms with E-state index < -0.39 is 0 Å². The molecule has 0 aliphatic heterocycles. The average molecular weight is 238 g/mol. The fourth-order valence-corrected chi connectivity index (χ4v) is 2.69. The molecular formula is C13H22N2S. The first-order valence-electron chi connectivity index (χ1n) is 5.67. The number of hydrogen-bond donors (Lipinski definition) is 2. The Labute approximate surface area is 103 Å². The van der Waals surface area contributed by atoms with E-state index in [1.807, 2.05) is 17.8 Å². The Morgan fingerprint density at radius 2 is 1.88 bits per heavy atom. The Bertz CT molecular complexity index is 331. The van der Waals surface area contributed by atoms with E-state index in [4.69, 9.17) is 11.5 Å². The summed E-state index contributed by atoms with van der Waals surface area (Å²) in [6.45, 7) is 7.27. The van der Waals surface area contributed by atoms with Crippen LogP contribution in [0.2, 0.25) is 0 Å². The van der Waals surface area contributed by atoms with E-state index in [0.717, 1.165) is 6.42 Å². The minimum absolute atomic E-state index is 0.0519. The molecule has 0 saturated carbocycles. The molecule has 2 nitrogen and oxygen atoms in total. The van der Waals surface area contributed by atoms with E-state index in [1.54, 1.807) is 0 Å². The van der Waals surface area contributed by atoms with Gasteiger partial charge >= 0.3 is 0 Å². The molecule has 0 aliphatic rings. The topological polar surface area (TPSA) is 52.0 Å². The van der Waals surface area contributed by atoms with Crippen molar-refractivity contribution in [1.82, 2.24) is 0 Å². The van der Waals surface area contributed by atoms with Crippen LogP contribution in [0, 0.1) is 0 Å². The summed E-state index contributed by atoms with van der Waals surface area (Å²) in [5.41, 5.74) is 12.9. The third kappa shape index (κ3) is 4.16. The van der Waals surface area contributed by atoms with E-state index in [1.165, 1.54) is 10.5 Å². The summed E-state index contributed by atoms with van der Waals surface area (Å²) < 4.78 is 0.207. The Morgan fingerprint density at radius 3 is 2.44 bits per heavy atom. The van der Waals surface area contributed by atoms with Crippen LogP contribution in [-0.4, -0.2) is 11.3 Å². The van der Waals surface area contributed by atoms with Crippen molar-refractivity contribution in [1.29, 1.82) is 0 Å². The summed E-state index contributed by atoms with van der Waals surface area (Å²) in [5.74, 6) is 0. The maximum atomic E-state index is 6.13. The van der Waals surface area contributed by atoms with Gasteiger partial charge in [0.1, 0.15) is 0 Å². The first-order valence-corrected chi connectivity index (χ1v) is 6.49. The van der Waals surface area contributed by atoms with E-state index in [2.05, 4.69) is 39.0 Å². The van der Waals surface area contributed by atoms with Gasteiger partial charge in [-0.2, -0.15) is 0 Å². The van der Waals surface area contributed by atoms with Gasteiger partial charge in [0.25, 0.3) is 0 Å². The minimum atomic E-state index is 0.0519. The van der Waals surface area contributed by atoms with E-state index >= 15 is 0 Å². The maximum Gasteiger partial charge on any atom is 0.0318 e. The molecule has 1 atom stereocenters. The second-order valence-corrected chi connectivity index (χ2v) is 6.80. The molecule has 0 unspecified atom stereocenters. The number of thioether (sulfide) groups is 1. The van der Waals surface area contributed by atoms with Crippen molar-refractivity contribution < 1.29 is 0 Å². The lowest BCUT2D eigenvalue weighted by Crippen LogP contribution is -2.17. The summed E-state index contributed by atoms with van der Waals surface area (Å²) >= 11 is 1.86. The van der Waals surface area contributed by atoms with Crippen LogP contribution in [0.25, 0.3) is 0 Å². The van der Waals surface area contributed by atoms with Gasteiger partial charge in [-0.05, 0) is 24.6 Å². The molecule has 0 saturated heterocycles. The van der Waals surface area contributed by atoms with Crippen LogP contribution in [-0.2, 0) is 0 Å². The molecule has 1 aromatic rings. The normalized spacial score (nSPS) is 13.8. The Hall–Kier alpha value is -0.510. The molecule has 0 spiro atoms. The summed E-state index contributed by atoms with van der Waals surface area (Å²) in [7, 11) is 0. The second kappa shape index (κ2) is 5.71. The van der Waals surface area contributed by atoms with Crippen molar-refractivity contribution >= 4 is 11.8 Å². The lowest BCUT2D eigenvalue weighted by molar-refractivity contribution is 0.650. The first-order chi connectivity index (χ1) is 7.44. The van der Waals surface area contributed by atoms with Crippen molar-refractivity contribution in [3.05, 3.63) is 29.8 Å². The first kappa shape index (κ1) is 13.6. The molecule has 16 heavy (non-hydrogen) atoms. The molecule has 0 bridgehead atoms. The number of nitrogens with two attached hydrogens (primary N) is 2. The molecule has 0 heterocycles. The smallest absolute Gasteiger partial charge is 0.0318 e. The molecule has 0 aromatic heterocycles. The van der Waals surface area contributed by atoms with E-state index in [-0.39, 0.29) is 10.8 Å². The highest BCUT2D eigenvalue weighted by Gasteiger charge is 2.17. The zero-order chi connectivity index (χ0) is 12.2. The van der Waals surface area contributed by atoms with Crippen LogP contribution in [0.5, 0.6) is 0 Å². The highest BCUT2D eigenvalue weighted by molar-refractivity contribution is 8.00. The number of hydrogen-bond acceptors (Lipinski definition) is 3. The van der Waals surface area contributed by atoms with Gasteiger partial charge in [0.15, 0.2) is 0 Å². The van der Waals surface area contributed by atoms with Crippen LogP contribution >= 0.6 is 11.8 Å². The molecule has 90 valence electrons. The SMILES string of the molecule is CC(C)(C)Sc1ccccc1[C@@H](N)CCN. The van der Waals surface area contributed by atoms with Gasteiger partial charge in [-0.15, -0.1) is 11.8 Å². The predicted molar refractivity (Wildman–Crippen MR) is 72.7 cm³/mol. The Morgan fingerprint density at radius 1 is 1.25 bits per heavy atom. The largest absolute Gasteiger partial charge is 0.330 e.